The number of aromatic amines is 1. The van der Waals surface area contributed by atoms with Gasteiger partial charge in [0, 0.05) is 28.8 Å². The number of rotatable bonds is 2. The number of benzene rings is 1. The monoisotopic (exact) mass is 424 g/mol. The second kappa shape index (κ2) is 7.16. The lowest BCUT2D eigenvalue weighted by Gasteiger charge is -2.35. The van der Waals surface area contributed by atoms with E-state index in [1.54, 1.807) is 12.3 Å². The Morgan fingerprint density at radius 2 is 2.30 bits per heavy atom. The molecule has 0 amide bonds. The second-order valence-electron chi connectivity index (χ2n) is 6.61. The molecule has 1 fully saturated rings. The summed E-state index contributed by atoms with van der Waals surface area (Å²) in [6, 6.07) is 7.73. The number of fused-ring (bicyclic) bond motifs is 1. The number of hydrogen-bond donors (Lipinski definition) is 2. The Balaban J connectivity index is 1.89. The normalized spacial score (nSPS) is 22.5. The summed E-state index contributed by atoms with van der Waals surface area (Å²) in [5, 5.41) is 19.9. The van der Waals surface area contributed by atoms with E-state index in [1.165, 1.54) is 0 Å². The van der Waals surface area contributed by atoms with Crippen molar-refractivity contribution in [2.45, 2.75) is 12.0 Å². The first-order valence-electron chi connectivity index (χ1n) is 8.54. The number of nitriles is 1. The minimum absolute atomic E-state index is 0.218. The van der Waals surface area contributed by atoms with Gasteiger partial charge < -0.3 is 15.0 Å². The number of anilines is 1. The predicted molar refractivity (Wildman–Crippen MR) is 104 cm³/mol. The second-order valence-corrected chi connectivity index (χ2v) is 7.40. The third-order valence-corrected chi connectivity index (χ3v) is 5.85. The fourth-order valence-corrected chi connectivity index (χ4v) is 4.19. The molecule has 2 aromatic rings. The molecule has 2 atom stereocenters. The van der Waals surface area contributed by atoms with Crippen LogP contribution in [0.2, 0.25) is 0 Å². The molecular weight excluding hydrogens is 408 g/mol. The van der Waals surface area contributed by atoms with Crippen LogP contribution in [0.5, 0.6) is 0 Å². The van der Waals surface area contributed by atoms with Gasteiger partial charge in [0.15, 0.2) is 5.70 Å². The van der Waals surface area contributed by atoms with Gasteiger partial charge in [-0.25, -0.2) is 4.85 Å². The first-order chi connectivity index (χ1) is 13.1. The molecule has 2 unspecified atom stereocenters. The number of nitrogens with zero attached hydrogens (tertiary/aromatic N) is 4. The smallest absolute Gasteiger partial charge is 0.198 e. The van der Waals surface area contributed by atoms with Crippen molar-refractivity contribution in [1.29, 1.82) is 5.26 Å². The highest BCUT2D eigenvalue weighted by atomic mass is 79.9. The summed E-state index contributed by atoms with van der Waals surface area (Å²) < 4.78 is 6.67. The van der Waals surface area contributed by atoms with Crippen molar-refractivity contribution in [3.8, 4) is 6.07 Å². The fourth-order valence-electron chi connectivity index (χ4n) is 3.61. The summed E-state index contributed by atoms with van der Waals surface area (Å²) in [6.45, 7) is 10.1. The van der Waals surface area contributed by atoms with Crippen LogP contribution in [0.3, 0.4) is 0 Å². The Bertz CT molecular complexity index is 998. The number of aromatic nitrogens is 2. The maximum atomic E-state index is 9.40. The van der Waals surface area contributed by atoms with Crippen LogP contribution in [0.4, 0.5) is 5.82 Å². The molecule has 0 spiro atoms. The number of halogens is 1. The number of morpholine rings is 1. The lowest BCUT2D eigenvalue weighted by Crippen LogP contribution is -2.43. The van der Waals surface area contributed by atoms with Crippen LogP contribution in [0.1, 0.15) is 22.6 Å². The number of H-pyrrole nitrogens is 1. The van der Waals surface area contributed by atoms with Crippen molar-refractivity contribution >= 4 is 21.7 Å². The van der Waals surface area contributed by atoms with E-state index in [0.717, 1.165) is 29.2 Å². The van der Waals surface area contributed by atoms with Crippen LogP contribution in [0, 0.1) is 17.9 Å². The van der Waals surface area contributed by atoms with Crippen molar-refractivity contribution in [3.05, 3.63) is 68.4 Å². The van der Waals surface area contributed by atoms with E-state index in [4.69, 9.17) is 11.3 Å². The third-order valence-electron chi connectivity index (χ3n) is 4.96. The topological polar surface area (TPSA) is 81.3 Å². The van der Waals surface area contributed by atoms with Gasteiger partial charge in [0.2, 0.25) is 0 Å². The minimum Gasteiger partial charge on any atom is -0.371 e. The summed E-state index contributed by atoms with van der Waals surface area (Å²) in [4.78, 5) is 6.07. The van der Waals surface area contributed by atoms with Gasteiger partial charge in [0.1, 0.15) is 18.0 Å². The van der Waals surface area contributed by atoms with Gasteiger partial charge >= 0.3 is 0 Å². The van der Waals surface area contributed by atoms with E-state index in [9.17, 15) is 5.26 Å². The highest BCUT2D eigenvalue weighted by Gasteiger charge is 2.37. The Morgan fingerprint density at radius 1 is 1.44 bits per heavy atom. The molecule has 0 aliphatic carbocycles. The van der Waals surface area contributed by atoms with Crippen molar-refractivity contribution in [1.82, 2.24) is 15.1 Å². The molecule has 0 bridgehead atoms. The van der Waals surface area contributed by atoms with E-state index < -0.39 is 0 Å². The summed E-state index contributed by atoms with van der Waals surface area (Å²) in [6.07, 6.45) is 1.51. The largest absolute Gasteiger partial charge is 0.371 e. The molecule has 1 aromatic heterocycles. The Morgan fingerprint density at radius 3 is 3.04 bits per heavy atom. The molecular formula is C19H17BrN6O. The van der Waals surface area contributed by atoms with Crippen LogP contribution in [-0.4, -0.2) is 47.9 Å². The molecule has 27 heavy (non-hydrogen) atoms. The SMILES string of the molecule is [C-]#[N+]C1=C(C2CN(C)CCO2)Nc2[nH]ncc2C1c1cccc(C#N)c1Br. The molecule has 0 saturated carbocycles. The van der Waals surface area contributed by atoms with Crippen LogP contribution in [-0.2, 0) is 4.74 Å². The number of hydrogen-bond acceptors (Lipinski definition) is 5. The molecule has 2 aliphatic rings. The molecule has 0 radical (unpaired) electrons. The minimum atomic E-state index is -0.328. The first kappa shape index (κ1) is 17.7. The maximum Gasteiger partial charge on any atom is 0.198 e. The summed E-state index contributed by atoms with van der Waals surface area (Å²) in [5.41, 5.74) is 3.61. The van der Waals surface area contributed by atoms with Crippen LogP contribution in [0.15, 0.2) is 40.3 Å². The van der Waals surface area contributed by atoms with Gasteiger partial charge in [-0.1, -0.05) is 12.1 Å². The first-order valence-corrected chi connectivity index (χ1v) is 9.33. The average Bonchev–Trinajstić information content (AvgIpc) is 3.15. The van der Waals surface area contributed by atoms with E-state index in [1.807, 2.05) is 19.2 Å². The lowest BCUT2D eigenvalue weighted by molar-refractivity contribution is 0.000789. The molecule has 4 rings (SSSR count). The summed E-state index contributed by atoms with van der Waals surface area (Å²) in [7, 11) is 2.04. The third kappa shape index (κ3) is 3.02. The van der Waals surface area contributed by atoms with Gasteiger partial charge in [-0.05, 0) is 34.6 Å². The average molecular weight is 425 g/mol. The quantitative estimate of drug-likeness (QED) is 0.723. The van der Waals surface area contributed by atoms with Gasteiger partial charge in [-0.2, -0.15) is 10.4 Å². The predicted octanol–water partition coefficient (Wildman–Crippen LogP) is 3.06. The summed E-state index contributed by atoms with van der Waals surface area (Å²) >= 11 is 3.56. The van der Waals surface area contributed by atoms with Gasteiger partial charge in [0.25, 0.3) is 0 Å². The standard InChI is InChI=1S/C19H17BrN6O/c1-22-18-15(12-5-3-4-11(8-21)16(12)20)13-9-23-25-19(13)24-17(18)14-10-26(2)6-7-27-14/h3-5,9,14-15H,6-7,10H2,2H3,(H2,23,24,25). The summed E-state index contributed by atoms with van der Waals surface area (Å²) in [5.74, 6) is 0.430. The zero-order chi connectivity index (χ0) is 19.0. The highest BCUT2D eigenvalue weighted by molar-refractivity contribution is 9.10. The van der Waals surface area contributed by atoms with Crippen molar-refractivity contribution in [2.24, 2.45) is 0 Å². The Kier molecular flexibility index (Phi) is 4.71. The van der Waals surface area contributed by atoms with Gasteiger partial charge in [-0.15, -0.1) is 0 Å². The van der Waals surface area contributed by atoms with E-state index in [0.29, 0.717) is 28.9 Å². The number of nitrogens with one attached hydrogen (secondary N) is 2. The van der Waals surface area contributed by atoms with Crippen molar-refractivity contribution in [2.75, 3.05) is 32.1 Å². The fraction of sp³-hybridized carbons (Fsp3) is 0.316. The Hall–Kier alpha value is -2.65. The van der Waals surface area contributed by atoms with Crippen molar-refractivity contribution < 1.29 is 4.74 Å². The van der Waals surface area contributed by atoms with Crippen molar-refractivity contribution in [3.63, 3.8) is 0 Å². The molecule has 8 heteroatoms. The van der Waals surface area contributed by atoms with E-state index in [-0.39, 0.29) is 12.0 Å². The molecule has 1 saturated heterocycles. The van der Waals surface area contributed by atoms with Crippen LogP contribution >= 0.6 is 15.9 Å². The Labute approximate surface area is 165 Å². The van der Waals surface area contributed by atoms with Gasteiger partial charge in [-0.3, -0.25) is 5.10 Å². The highest BCUT2D eigenvalue weighted by Crippen LogP contribution is 2.45. The lowest BCUT2D eigenvalue weighted by atomic mass is 9.85. The zero-order valence-electron chi connectivity index (χ0n) is 14.7. The molecule has 3 heterocycles. The number of likely N-dealkylation sites (N-methyl/N-ethyl adjacent to an activating group) is 1. The van der Waals surface area contributed by atoms with Gasteiger partial charge in [0.05, 0.1) is 30.9 Å². The van der Waals surface area contributed by atoms with E-state index in [2.05, 4.69) is 47.3 Å². The number of ether oxygens (including phenoxy) is 1. The maximum absolute atomic E-state index is 9.40. The molecule has 2 N–H and O–H groups in total. The van der Waals surface area contributed by atoms with Crippen LogP contribution in [0.25, 0.3) is 4.85 Å². The molecule has 136 valence electrons. The zero-order valence-corrected chi connectivity index (χ0v) is 16.2. The van der Waals surface area contributed by atoms with E-state index >= 15 is 0 Å². The number of allylic oxidation sites excluding steroid dienone is 1. The van der Waals surface area contributed by atoms with Crippen LogP contribution < -0.4 is 5.32 Å². The molecule has 1 aromatic carbocycles. The molecule has 7 nitrogen and oxygen atoms in total. The molecule has 2 aliphatic heterocycles.